The van der Waals surface area contributed by atoms with Crippen molar-refractivity contribution >= 4 is 11.6 Å². The van der Waals surface area contributed by atoms with E-state index >= 15 is 0 Å². The molecule has 0 amide bonds. The van der Waals surface area contributed by atoms with E-state index in [9.17, 15) is 10.1 Å². The largest absolute Gasteiger partial charge is 0.350 e. The number of nitrogens with zero attached hydrogens (tertiary/aromatic N) is 4. The first kappa shape index (κ1) is 12.3. The van der Waals surface area contributed by atoms with E-state index in [0.29, 0.717) is 5.95 Å². The molecule has 0 fully saturated rings. The number of hydrogen-bond acceptors (Lipinski definition) is 6. The number of hydrogen-bond donors (Lipinski definition) is 1. The molecular weight excluding hydrogens is 210 g/mol. The fraction of sp³-hybridized carbons (Fsp3) is 0.556. The Balaban J connectivity index is 2.58. The lowest BCUT2D eigenvalue weighted by Crippen LogP contribution is -2.30. The molecule has 7 nitrogen and oxygen atoms in total. The molecular formula is C9H15N5O2. The van der Waals surface area contributed by atoms with Crippen molar-refractivity contribution < 1.29 is 4.92 Å². The van der Waals surface area contributed by atoms with E-state index in [4.69, 9.17) is 0 Å². The second kappa shape index (κ2) is 5.36. The summed E-state index contributed by atoms with van der Waals surface area (Å²) in [6, 6.07) is 0.177. The van der Waals surface area contributed by atoms with Crippen LogP contribution in [-0.2, 0) is 0 Å². The second-order valence-electron chi connectivity index (χ2n) is 3.83. The van der Waals surface area contributed by atoms with E-state index in [0.717, 1.165) is 6.54 Å². The lowest BCUT2D eigenvalue weighted by molar-refractivity contribution is -0.385. The van der Waals surface area contributed by atoms with Gasteiger partial charge in [0.15, 0.2) is 0 Å². The first-order valence-electron chi connectivity index (χ1n) is 4.86. The highest BCUT2D eigenvalue weighted by Gasteiger charge is 2.08. The van der Waals surface area contributed by atoms with Crippen molar-refractivity contribution in [3.8, 4) is 0 Å². The molecule has 1 aromatic rings. The van der Waals surface area contributed by atoms with Gasteiger partial charge in [0.25, 0.3) is 0 Å². The van der Waals surface area contributed by atoms with Crippen LogP contribution in [0.4, 0.5) is 11.6 Å². The zero-order chi connectivity index (χ0) is 12.1. The molecule has 1 aromatic heterocycles. The Morgan fingerprint density at radius 3 is 2.50 bits per heavy atom. The Hall–Kier alpha value is -1.76. The summed E-state index contributed by atoms with van der Waals surface area (Å²) in [5.74, 6) is 0.403. The maximum Gasteiger partial charge on any atom is 0.305 e. The van der Waals surface area contributed by atoms with Gasteiger partial charge in [-0.2, -0.15) is 0 Å². The van der Waals surface area contributed by atoms with Gasteiger partial charge in [-0.1, -0.05) is 0 Å². The number of aromatic nitrogens is 2. The molecule has 1 N–H and O–H groups in total. The molecule has 1 unspecified atom stereocenters. The molecule has 1 atom stereocenters. The first-order chi connectivity index (χ1) is 7.49. The molecule has 0 bridgehead atoms. The Bertz CT molecular complexity index is 351. The highest BCUT2D eigenvalue weighted by Crippen LogP contribution is 2.08. The lowest BCUT2D eigenvalue weighted by atomic mass is 10.3. The van der Waals surface area contributed by atoms with Crippen LogP contribution in [0, 0.1) is 10.1 Å². The topological polar surface area (TPSA) is 84.2 Å². The van der Waals surface area contributed by atoms with Gasteiger partial charge in [0.1, 0.15) is 12.4 Å². The van der Waals surface area contributed by atoms with Crippen LogP contribution in [0.15, 0.2) is 12.4 Å². The molecule has 0 aliphatic rings. The van der Waals surface area contributed by atoms with Crippen LogP contribution in [0.2, 0.25) is 0 Å². The zero-order valence-corrected chi connectivity index (χ0v) is 9.54. The predicted molar refractivity (Wildman–Crippen MR) is 60.3 cm³/mol. The highest BCUT2D eigenvalue weighted by atomic mass is 16.6. The minimum atomic E-state index is -0.521. The van der Waals surface area contributed by atoms with Crippen molar-refractivity contribution in [1.29, 1.82) is 0 Å². The normalized spacial score (nSPS) is 12.5. The van der Waals surface area contributed by atoms with Gasteiger partial charge in [0.2, 0.25) is 5.95 Å². The van der Waals surface area contributed by atoms with E-state index in [1.165, 1.54) is 12.4 Å². The summed E-state index contributed by atoms with van der Waals surface area (Å²) >= 11 is 0. The highest BCUT2D eigenvalue weighted by molar-refractivity contribution is 5.31. The molecule has 7 heteroatoms. The SMILES string of the molecule is CC(CN(C)C)Nc1ncc([N+](=O)[O-])cn1. The Labute approximate surface area is 93.7 Å². The molecule has 0 aliphatic heterocycles. The molecule has 0 aromatic carbocycles. The minimum absolute atomic E-state index is 0.106. The summed E-state index contributed by atoms with van der Waals surface area (Å²) in [5, 5.41) is 13.4. The van der Waals surface area contributed by atoms with Crippen molar-refractivity contribution in [2.75, 3.05) is 26.0 Å². The molecule has 88 valence electrons. The molecule has 0 saturated carbocycles. The Morgan fingerprint density at radius 1 is 1.50 bits per heavy atom. The van der Waals surface area contributed by atoms with Crippen molar-refractivity contribution in [2.45, 2.75) is 13.0 Å². The first-order valence-corrected chi connectivity index (χ1v) is 4.86. The lowest BCUT2D eigenvalue weighted by Gasteiger charge is -2.17. The molecule has 0 radical (unpaired) electrons. The van der Waals surface area contributed by atoms with Crippen molar-refractivity contribution in [1.82, 2.24) is 14.9 Å². The van der Waals surface area contributed by atoms with E-state index in [2.05, 4.69) is 15.3 Å². The van der Waals surface area contributed by atoms with Crippen molar-refractivity contribution in [3.05, 3.63) is 22.5 Å². The van der Waals surface area contributed by atoms with E-state index in [-0.39, 0.29) is 11.7 Å². The number of anilines is 1. The molecule has 0 aliphatic carbocycles. The maximum atomic E-state index is 10.4. The van der Waals surface area contributed by atoms with Gasteiger partial charge in [-0.05, 0) is 21.0 Å². The summed E-state index contributed by atoms with van der Waals surface area (Å²) < 4.78 is 0. The van der Waals surface area contributed by atoms with Gasteiger partial charge in [0.05, 0.1) is 4.92 Å². The van der Waals surface area contributed by atoms with Crippen LogP contribution in [-0.4, -0.2) is 46.5 Å². The Morgan fingerprint density at radius 2 is 2.06 bits per heavy atom. The molecule has 1 rings (SSSR count). The quantitative estimate of drug-likeness (QED) is 0.588. The van der Waals surface area contributed by atoms with Gasteiger partial charge >= 0.3 is 5.69 Å². The number of likely N-dealkylation sites (N-methyl/N-ethyl adjacent to an activating group) is 1. The molecule has 0 saturated heterocycles. The predicted octanol–water partition coefficient (Wildman–Crippen LogP) is 0.747. The van der Waals surface area contributed by atoms with E-state index in [1.807, 2.05) is 25.9 Å². The van der Waals surface area contributed by atoms with Crippen LogP contribution in [0.25, 0.3) is 0 Å². The van der Waals surface area contributed by atoms with E-state index < -0.39 is 4.92 Å². The average Bonchev–Trinajstić information content (AvgIpc) is 2.16. The average molecular weight is 225 g/mol. The summed E-state index contributed by atoms with van der Waals surface area (Å²) in [6.45, 7) is 2.82. The van der Waals surface area contributed by atoms with E-state index in [1.54, 1.807) is 0 Å². The third-order valence-electron chi connectivity index (χ3n) is 1.86. The standard InChI is InChI=1S/C9H15N5O2/c1-7(6-13(2)3)12-9-10-4-8(5-11-9)14(15)16/h4-5,7H,6H2,1-3H3,(H,10,11,12). The Kier molecular flexibility index (Phi) is 4.12. The van der Waals surface area contributed by atoms with Gasteiger partial charge in [-0.15, -0.1) is 0 Å². The third-order valence-corrected chi connectivity index (χ3v) is 1.86. The summed E-state index contributed by atoms with van der Waals surface area (Å²) in [5.41, 5.74) is -0.106. The van der Waals surface area contributed by atoms with Crippen molar-refractivity contribution in [3.63, 3.8) is 0 Å². The summed E-state index contributed by atoms with van der Waals surface area (Å²) in [4.78, 5) is 19.6. The van der Waals surface area contributed by atoms with Gasteiger partial charge in [0, 0.05) is 12.6 Å². The summed E-state index contributed by atoms with van der Waals surface area (Å²) in [7, 11) is 3.93. The fourth-order valence-electron chi connectivity index (χ4n) is 1.30. The van der Waals surface area contributed by atoms with Crippen LogP contribution in [0.1, 0.15) is 6.92 Å². The smallest absolute Gasteiger partial charge is 0.305 e. The van der Waals surface area contributed by atoms with Gasteiger partial charge < -0.3 is 10.2 Å². The van der Waals surface area contributed by atoms with Gasteiger partial charge in [-0.25, -0.2) is 9.97 Å². The van der Waals surface area contributed by atoms with Crippen LogP contribution in [0.3, 0.4) is 0 Å². The third kappa shape index (κ3) is 3.77. The minimum Gasteiger partial charge on any atom is -0.350 e. The molecule has 1 heterocycles. The fourth-order valence-corrected chi connectivity index (χ4v) is 1.30. The summed E-state index contributed by atoms with van der Waals surface area (Å²) in [6.07, 6.45) is 2.38. The van der Waals surface area contributed by atoms with Gasteiger partial charge in [-0.3, -0.25) is 10.1 Å². The number of nitrogens with one attached hydrogen (secondary N) is 1. The van der Waals surface area contributed by atoms with Crippen molar-refractivity contribution in [2.24, 2.45) is 0 Å². The van der Waals surface area contributed by atoms with Crippen LogP contribution in [0.5, 0.6) is 0 Å². The second-order valence-corrected chi connectivity index (χ2v) is 3.83. The zero-order valence-electron chi connectivity index (χ0n) is 9.54. The number of nitro groups is 1. The molecule has 0 spiro atoms. The number of rotatable bonds is 5. The molecule has 16 heavy (non-hydrogen) atoms. The van der Waals surface area contributed by atoms with Crippen LogP contribution < -0.4 is 5.32 Å². The maximum absolute atomic E-state index is 10.4. The monoisotopic (exact) mass is 225 g/mol. The van der Waals surface area contributed by atoms with Crippen LogP contribution >= 0.6 is 0 Å².